The zero-order chi connectivity index (χ0) is 25.2. The van der Waals surface area contributed by atoms with Crippen LogP contribution in [0.15, 0.2) is 83.9 Å². The molecule has 0 spiro atoms. The SMILES string of the molecule is CC[C@@H](C)C1(C(c2ccc(N(C)C)cc2)c2ccc(N(C)C)cc2)N=C(c2ccccc2)OC1=O. The van der Waals surface area contributed by atoms with Gasteiger partial charge in [-0.05, 0) is 53.4 Å². The van der Waals surface area contributed by atoms with Crippen LogP contribution >= 0.6 is 0 Å². The second-order valence-corrected chi connectivity index (χ2v) is 9.71. The molecule has 3 aromatic rings. The molecule has 0 N–H and O–H groups in total. The van der Waals surface area contributed by atoms with E-state index in [0.717, 1.165) is 34.5 Å². The molecule has 0 saturated carbocycles. The van der Waals surface area contributed by atoms with Crippen LogP contribution in [0.2, 0.25) is 0 Å². The van der Waals surface area contributed by atoms with Gasteiger partial charge in [-0.25, -0.2) is 9.79 Å². The third-order valence-electron chi connectivity index (χ3n) is 7.11. The molecule has 1 aliphatic heterocycles. The van der Waals surface area contributed by atoms with E-state index in [9.17, 15) is 4.79 Å². The molecule has 2 atom stereocenters. The maximum Gasteiger partial charge on any atom is 0.342 e. The number of cyclic esters (lactones) is 1. The highest BCUT2D eigenvalue weighted by Gasteiger charge is 2.56. The normalized spacial score (nSPS) is 18.3. The van der Waals surface area contributed by atoms with Crippen LogP contribution in [-0.2, 0) is 9.53 Å². The van der Waals surface area contributed by atoms with E-state index in [0.29, 0.717) is 5.90 Å². The predicted octanol–water partition coefficient (Wildman–Crippen LogP) is 5.74. The zero-order valence-corrected chi connectivity index (χ0v) is 21.5. The number of hydrogen-bond donors (Lipinski definition) is 0. The van der Waals surface area contributed by atoms with Gasteiger partial charge < -0.3 is 14.5 Å². The van der Waals surface area contributed by atoms with Crippen LogP contribution in [0.25, 0.3) is 0 Å². The van der Waals surface area contributed by atoms with E-state index in [1.54, 1.807) is 0 Å². The van der Waals surface area contributed by atoms with Gasteiger partial charge in [0.1, 0.15) is 0 Å². The summed E-state index contributed by atoms with van der Waals surface area (Å²) >= 11 is 0. The third-order valence-corrected chi connectivity index (χ3v) is 7.11. The van der Waals surface area contributed by atoms with E-state index >= 15 is 0 Å². The van der Waals surface area contributed by atoms with Gasteiger partial charge in [0.25, 0.3) is 0 Å². The number of anilines is 2. The van der Waals surface area contributed by atoms with Gasteiger partial charge in [0, 0.05) is 51.0 Å². The molecule has 0 radical (unpaired) electrons. The van der Waals surface area contributed by atoms with E-state index in [1.165, 1.54) is 0 Å². The molecule has 0 bridgehead atoms. The number of rotatable bonds is 8. The van der Waals surface area contributed by atoms with Gasteiger partial charge in [0.05, 0.1) is 0 Å². The fraction of sp³-hybridized carbons (Fsp3) is 0.333. The fourth-order valence-corrected chi connectivity index (χ4v) is 4.83. The fourth-order valence-electron chi connectivity index (χ4n) is 4.83. The Morgan fingerprint density at radius 1 is 0.800 bits per heavy atom. The molecule has 0 aromatic heterocycles. The van der Waals surface area contributed by atoms with Crippen LogP contribution in [0.5, 0.6) is 0 Å². The second kappa shape index (κ2) is 9.95. The maximum atomic E-state index is 13.9. The molecule has 182 valence electrons. The Bertz CT molecular complexity index is 1130. The van der Waals surface area contributed by atoms with Crippen LogP contribution in [0.4, 0.5) is 11.4 Å². The molecule has 0 aliphatic carbocycles. The van der Waals surface area contributed by atoms with Gasteiger partial charge in [-0.2, -0.15) is 0 Å². The van der Waals surface area contributed by atoms with E-state index < -0.39 is 5.54 Å². The lowest BCUT2D eigenvalue weighted by Gasteiger charge is -2.37. The Morgan fingerprint density at radius 2 is 1.29 bits per heavy atom. The van der Waals surface area contributed by atoms with E-state index in [-0.39, 0.29) is 17.8 Å². The van der Waals surface area contributed by atoms with Crippen LogP contribution in [0.3, 0.4) is 0 Å². The van der Waals surface area contributed by atoms with E-state index in [2.05, 4.69) is 72.2 Å². The molecule has 4 rings (SSSR count). The third kappa shape index (κ3) is 4.55. The van der Waals surface area contributed by atoms with Gasteiger partial charge in [0.2, 0.25) is 5.90 Å². The van der Waals surface area contributed by atoms with Gasteiger partial charge >= 0.3 is 5.97 Å². The topological polar surface area (TPSA) is 45.1 Å². The smallest absolute Gasteiger partial charge is 0.342 e. The minimum atomic E-state index is -1.07. The van der Waals surface area contributed by atoms with Crippen molar-refractivity contribution >= 4 is 23.2 Å². The summed E-state index contributed by atoms with van der Waals surface area (Å²) in [5.41, 5.74) is 4.05. The first-order valence-corrected chi connectivity index (χ1v) is 12.2. The van der Waals surface area contributed by atoms with Crippen molar-refractivity contribution in [3.63, 3.8) is 0 Å². The molecule has 5 nitrogen and oxygen atoms in total. The number of esters is 1. The number of benzene rings is 3. The van der Waals surface area contributed by atoms with Crippen molar-refractivity contribution in [2.45, 2.75) is 31.7 Å². The van der Waals surface area contributed by atoms with Crippen LogP contribution in [0, 0.1) is 5.92 Å². The molecule has 1 aliphatic rings. The lowest BCUT2D eigenvalue weighted by molar-refractivity contribution is -0.141. The van der Waals surface area contributed by atoms with Gasteiger partial charge in [-0.1, -0.05) is 62.7 Å². The Hall–Kier alpha value is -3.60. The zero-order valence-electron chi connectivity index (χ0n) is 21.5. The minimum absolute atomic E-state index is 0.0386. The molecule has 5 heteroatoms. The molecular formula is C30H35N3O2. The summed E-state index contributed by atoms with van der Waals surface area (Å²) in [5.74, 6) is -0.221. The second-order valence-electron chi connectivity index (χ2n) is 9.71. The van der Waals surface area contributed by atoms with Crippen molar-refractivity contribution in [1.29, 1.82) is 0 Å². The van der Waals surface area contributed by atoms with Gasteiger partial charge in [0.15, 0.2) is 5.54 Å². The summed E-state index contributed by atoms with van der Waals surface area (Å²) < 4.78 is 5.93. The molecule has 35 heavy (non-hydrogen) atoms. The molecule has 0 amide bonds. The number of ether oxygens (including phenoxy) is 1. The van der Waals surface area contributed by atoms with Crippen molar-refractivity contribution in [3.05, 3.63) is 95.6 Å². The number of hydrogen-bond acceptors (Lipinski definition) is 5. The first-order valence-electron chi connectivity index (χ1n) is 12.2. The highest BCUT2D eigenvalue weighted by Crippen LogP contribution is 2.47. The van der Waals surface area contributed by atoms with Crippen molar-refractivity contribution in [3.8, 4) is 0 Å². The highest BCUT2D eigenvalue weighted by atomic mass is 16.6. The number of carbonyl (C=O) groups excluding carboxylic acids is 1. The van der Waals surface area contributed by atoms with Crippen molar-refractivity contribution < 1.29 is 9.53 Å². The summed E-state index contributed by atoms with van der Waals surface area (Å²) in [4.78, 5) is 23.1. The van der Waals surface area contributed by atoms with E-state index in [4.69, 9.17) is 9.73 Å². The summed E-state index contributed by atoms with van der Waals surface area (Å²) in [7, 11) is 8.10. The lowest BCUT2D eigenvalue weighted by Crippen LogP contribution is -2.46. The average Bonchev–Trinajstić information content (AvgIpc) is 3.22. The number of aliphatic imine (C=N–C) groups is 1. The Labute approximate surface area is 209 Å². The lowest BCUT2D eigenvalue weighted by atomic mass is 9.68. The largest absolute Gasteiger partial charge is 0.405 e. The number of nitrogens with zero attached hydrogens (tertiary/aromatic N) is 3. The van der Waals surface area contributed by atoms with Gasteiger partial charge in [-0.15, -0.1) is 0 Å². The monoisotopic (exact) mass is 469 g/mol. The molecule has 0 fully saturated rings. The number of carbonyl (C=O) groups is 1. The molecular weight excluding hydrogens is 434 g/mol. The Kier molecular flexibility index (Phi) is 6.97. The predicted molar refractivity (Wildman–Crippen MR) is 145 cm³/mol. The molecule has 1 heterocycles. The molecule has 0 saturated heterocycles. The molecule has 1 unspecified atom stereocenters. The summed E-state index contributed by atoms with van der Waals surface area (Å²) in [6, 6.07) is 26.6. The first-order chi connectivity index (χ1) is 16.8. The summed E-state index contributed by atoms with van der Waals surface area (Å²) in [6.07, 6.45) is 0.794. The Morgan fingerprint density at radius 3 is 1.71 bits per heavy atom. The van der Waals surface area contributed by atoms with E-state index in [1.807, 2.05) is 58.5 Å². The average molecular weight is 470 g/mol. The van der Waals surface area contributed by atoms with Crippen LogP contribution < -0.4 is 9.80 Å². The Balaban J connectivity index is 1.93. The van der Waals surface area contributed by atoms with Crippen LogP contribution in [0.1, 0.15) is 42.9 Å². The quantitative estimate of drug-likeness (QED) is 0.395. The first kappa shape index (κ1) is 24.5. The van der Waals surface area contributed by atoms with Crippen molar-refractivity contribution in [2.24, 2.45) is 10.9 Å². The summed E-state index contributed by atoms with van der Waals surface area (Å²) in [6.45, 7) is 4.21. The summed E-state index contributed by atoms with van der Waals surface area (Å²) in [5, 5.41) is 0. The van der Waals surface area contributed by atoms with Crippen molar-refractivity contribution in [1.82, 2.24) is 0 Å². The maximum absolute atomic E-state index is 13.9. The van der Waals surface area contributed by atoms with Crippen molar-refractivity contribution in [2.75, 3.05) is 38.0 Å². The van der Waals surface area contributed by atoms with Gasteiger partial charge in [-0.3, -0.25) is 0 Å². The highest BCUT2D eigenvalue weighted by molar-refractivity contribution is 6.08. The minimum Gasteiger partial charge on any atom is -0.405 e. The van der Waals surface area contributed by atoms with Crippen LogP contribution in [-0.4, -0.2) is 45.6 Å². The standard InChI is InChI=1S/C30H35N3O2/c1-7-21(2)30(29(34)35-28(31-30)24-11-9-8-10-12-24)27(22-13-17-25(18-14-22)32(3)4)23-15-19-26(20-16-23)33(5)6/h8-21,27H,7H2,1-6H3/t21-,30?/m1/s1. The molecule has 3 aromatic carbocycles.